The first-order valence-electron chi connectivity index (χ1n) is 10.8. The van der Waals surface area contributed by atoms with Crippen LogP contribution in [0.1, 0.15) is 5.56 Å². The Hall–Kier alpha value is -3.90. The molecule has 0 aliphatic carbocycles. The first kappa shape index (κ1) is 17.9. The Bertz CT molecular complexity index is 1570. The van der Waals surface area contributed by atoms with Crippen molar-refractivity contribution in [3.63, 3.8) is 0 Å². The zero-order chi connectivity index (χ0) is 20.8. The number of aryl methyl sites for hydroxylation is 1. The van der Waals surface area contributed by atoms with Crippen molar-refractivity contribution in [3.8, 4) is 22.3 Å². The van der Waals surface area contributed by atoms with Gasteiger partial charge in [0.15, 0.2) is 0 Å². The van der Waals surface area contributed by atoms with Crippen LogP contribution in [0.25, 0.3) is 54.6 Å². The average Bonchev–Trinajstić information content (AvgIpc) is 2.83. The molecule has 31 heavy (non-hydrogen) atoms. The molecule has 0 unspecified atom stereocenters. The van der Waals surface area contributed by atoms with Crippen molar-refractivity contribution in [2.45, 2.75) is 6.92 Å². The zero-order valence-electron chi connectivity index (χ0n) is 17.5. The minimum absolute atomic E-state index is 1.25. The predicted molar refractivity (Wildman–Crippen MR) is 135 cm³/mol. The third-order valence-electron chi connectivity index (χ3n) is 6.33. The van der Waals surface area contributed by atoms with Crippen LogP contribution < -0.4 is 0 Å². The molecule has 6 aromatic carbocycles. The lowest BCUT2D eigenvalue weighted by Crippen LogP contribution is -1.89. The summed E-state index contributed by atoms with van der Waals surface area (Å²) in [6, 6.07) is 42.1. The monoisotopic (exact) mass is 394 g/mol. The van der Waals surface area contributed by atoms with E-state index in [-0.39, 0.29) is 0 Å². The number of benzene rings is 6. The smallest absolute Gasteiger partial charge is 0.00268 e. The molecule has 0 heterocycles. The zero-order valence-corrected chi connectivity index (χ0v) is 17.5. The van der Waals surface area contributed by atoms with Crippen LogP contribution in [-0.2, 0) is 0 Å². The van der Waals surface area contributed by atoms with Gasteiger partial charge in [-0.15, -0.1) is 0 Å². The van der Waals surface area contributed by atoms with Crippen LogP contribution in [0.5, 0.6) is 0 Å². The lowest BCUT2D eigenvalue weighted by Gasteiger charge is -2.15. The van der Waals surface area contributed by atoms with Crippen molar-refractivity contribution in [1.82, 2.24) is 0 Å². The van der Waals surface area contributed by atoms with E-state index in [1.54, 1.807) is 0 Å². The number of fused-ring (bicyclic) bond motifs is 4. The summed E-state index contributed by atoms with van der Waals surface area (Å²) in [6.07, 6.45) is 0. The molecule has 0 saturated heterocycles. The highest BCUT2D eigenvalue weighted by molar-refractivity contribution is 6.10. The Morgan fingerprint density at radius 3 is 1.74 bits per heavy atom. The van der Waals surface area contributed by atoms with Gasteiger partial charge in [-0.1, -0.05) is 115 Å². The molecule has 6 rings (SSSR count). The first-order chi connectivity index (χ1) is 15.3. The molecule has 0 radical (unpaired) electrons. The molecule has 0 N–H and O–H groups in total. The van der Waals surface area contributed by atoms with E-state index in [4.69, 9.17) is 0 Å². The molecule has 0 heteroatoms. The van der Waals surface area contributed by atoms with Crippen LogP contribution in [-0.4, -0.2) is 0 Å². The quantitative estimate of drug-likeness (QED) is 0.257. The Balaban J connectivity index is 1.68. The number of hydrogen-bond acceptors (Lipinski definition) is 0. The van der Waals surface area contributed by atoms with Gasteiger partial charge in [0.1, 0.15) is 0 Å². The van der Waals surface area contributed by atoms with Gasteiger partial charge in [0.2, 0.25) is 0 Å². The lowest BCUT2D eigenvalue weighted by atomic mass is 9.88. The third kappa shape index (κ3) is 3.00. The molecule has 0 amide bonds. The van der Waals surface area contributed by atoms with Gasteiger partial charge in [-0.25, -0.2) is 0 Å². The largest absolute Gasteiger partial charge is 0.0616 e. The normalized spacial score (nSPS) is 11.4. The molecule has 6 aromatic rings. The van der Waals surface area contributed by atoms with Gasteiger partial charge in [0, 0.05) is 0 Å². The van der Waals surface area contributed by atoms with Crippen LogP contribution in [0.2, 0.25) is 0 Å². The standard InChI is InChI=1S/C31H22/c1-21-10-12-25(13-11-21)31-28-9-5-3-7-23(28)18-19-29(31)26-17-16-24-15-14-22-6-2-4-8-27(22)30(24)20-26/h2-20H,1H3. The predicted octanol–water partition coefficient (Wildman–Crippen LogP) is 8.79. The molecule has 0 nitrogen and oxygen atoms in total. The topological polar surface area (TPSA) is 0 Å². The van der Waals surface area contributed by atoms with Crippen LogP contribution >= 0.6 is 0 Å². The molecule has 0 saturated carbocycles. The maximum atomic E-state index is 2.36. The highest BCUT2D eigenvalue weighted by Gasteiger charge is 2.13. The minimum atomic E-state index is 1.25. The molecule has 0 fully saturated rings. The van der Waals surface area contributed by atoms with E-state index in [0.717, 1.165) is 0 Å². The van der Waals surface area contributed by atoms with E-state index in [1.165, 1.54) is 60.1 Å². The van der Waals surface area contributed by atoms with Crippen molar-refractivity contribution in [1.29, 1.82) is 0 Å². The summed E-state index contributed by atoms with van der Waals surface area (Å²) in [7, 11) is 0. The lowest BCUT2D eigenvalue weighted by molar-refractivity contribution is 1.47. The van der Waals surface area contributed by atoms with Crippen molar-refractivity contribution >= 4 is 32.3 Å². The second-order valence-corrected chi connectivity index (χ2v) is 8.30. The van der Waals surface area contributed by atoms with Gasteiger partial charge in [-0.2, -0.15) is 0 Å². The van der Waals surface area contributed by atoms with Crippen molar-refractivity contribution < 1.29 is 0 Å². The highest BCUT2D eigenvalue weighted by atomic mass is 14.2. The summed E-state index contributed by atoms with van der Waals surface area (Å²) in [5.74, 6) is 0. The molecule has 0 spiro atoms. The summed E-state index contributed by atoms with van der Waals surface area (Å²) in [5.41, 5.74) is 6.37. The van der Waals surface area contributed by atoms with Crippen molar-refractivity contribution in [3.05, 3.63) is 121 Å². The number of rotatable bonds is 2. The molecular weight excluding hydrogens is 372 g/mol. The third-order valence-corrected chi connectivity index (χ3v) is 6.33. The first-order valence-corrected chi connectivity index (χ1v) is 10.8. The van der Waals surface area contributed by atoms with E-state index in [1.807, 2.05) is 0 Å². The fourth-order valence-electron chi connectivity index (χ4n) is 4.71. The second kappa shape index (κ2) is 7.11. The van der Waals surface area contributed by atoms with E-state index in [9.17, 15) is 0 Å². The molecular formula is C31H22. The van der Waals surface area contributed by atoms with E-state index >= 15 is 0 Å². The van der Waals surface area contributed by atoms with Crippen molar-refractivity contribution in [2.75, 3.05) is 0 Å². The summed E-state index contributed by atoms with van der Waals surface area (Å²) in [5, 5.41) is 7.73. The second-order valence-electron chi connectivity index (χ2n) is 8.30. The summed E-state index contributed by atoms with van der Waals surface area (Å²) < 4.78 is 0. The van der Waals surface area contributed by atoms with Gasteiger partial charge >= 0.3 is 0 Å². The Labute approximate surface area is 182 Å². The van der Waals surface area contributed by atoms with Gasteiger partial charge in [0.25, 0.3) is 0 Å². The summed E-state index contributed by atoms with van der Waals surface area (Å²) in [6.45, 7) is 2.14. The Kier molecular flexibility index (Phi) is 4.11. The molecule has 0 aliphatic heterocycles. The summed E-state index contributed by atoms with van der Waals surface area (Å²) >= 11 is 0. The highest BCUT2D eigenvalue weighted by Crippen LogP contribution is 2.39. The van der Waals surface area contributed by atoms with E-state index < -0.39 is 0 Å². The fraction of sp³-hybridized carbons (Fsp3) is 0.0323. The van der Waals surface area contributed by atoms with Gasteiger partial charge in [-0.3, -0.25) is 0 Å². The van der Waals surface area contributed by atoms with E-state index in [0.29, 0.717) is 0 Å². The van der Waals surface area contributed by atoms with Crippen LogP contribution in [0.3, 0.4) is 0 Å². The number of hydrogen-bond donors (Lipinski definition) is 0. The van der Waals surface area contributed by atoms with Crippen LogP contribution in [0.15, 0.2) is 115 Å². The Morgan fingerprint density at radius 2 is 0.968 bits per heavy atom. The van der Waals surface area contributed by atoms with Gasteiger partial charge in [0.05, 0.1) is 0 Å². The van der Waals surface area contributed by atoms with Gasteiger partial charge < -0.3 is 0 Å². The minimum Gasteiger partial charge on any atom is -0.0616 e. The molecule has 146 valence electrons. The molecule has 0 atom stereocenters. The average molecular weight is 395 g/mol. The molecule has 0 aromatic heterocycles. The maximum absolute atomic E-state index is 2.36. The summed E-state index contributed by atoms with van der Waals surface area (Å²) in [4.78, 5) is 0. The SMILES string of the molecule is Cc1ccc(-c2c(-c3ccc4ccc5ccccc5c4c3)ccc3ccccc23)cc1. The molecule has 0 aliphatic rings. The van der Waals surface area contributed by atoms with Crippen molar-refractivity contribution in [2.24, 2.45) is 0 Å². The van der Waals surface area contributed by atoms with Gasteiger partial charge in [-0.05, 0) is 67.6 Å². The fourth-order valence-corrected chi connectivity index (χ4v) is 4.71. The molecule has 0 bridgehead atoms. The van der Waals surface area contributed by atoms with Crippen LogP contribution in [0.4, 0.5) is 0 Å². The van der Waals surface area contributed by atoms with Crippen LogP contribution in [0, 0.1) is 6.92 Å². The van der Waals surface area contributed by atoms with E-state index in [2.05, 4.69) is 122 Å². The maximum Gasteiger partial charge on any atom is -0.00268 e. The Morgan fingerprint density at radius 1 is 0.419 bits per heavy atom.